The lowest BCUT2D eigenvalue weighted by Gasteiger charge is -2.00. The van der Waals surface area contributed by atoms with Crippen molar-refractivity contribution < 1.29 is 14.3 Å². The molecular weight excluding hydrogens is 254 g/mol. The van der Waals surface area contributed by atoms with Gasteiger partial charge in [0.25, 0.3) is 0 Å². The lowest BCUT2D eigenvalue weighted by Crippen LogP contribution is -2.10. The summed E-state index contributed by atoms with van der Waals surface area (Å²) in [5.41, 5.74) is 2.03. The van der Waals surface area contributed by atoms with Crippen molar-refractivity contribution in [1.29, 1.82) is 0 Å². The number of methoxy groups -OCH3 is 1. The molecule has 1 heterocycles. The molecule has 0 spiro atoms. The average molecular weight is 266 g/mol. The molecule has 2 rings (SSSR count). The van der Waals surface area contributed by atoms with Gasteiger partial charge in [0, 0.05) is 27.2 Å². The first kappa shape index (κ1) is 12.6. The van der Waals surface area contributed by atoms with Crippen LogP contribution >= 0.6 is 11.6 Å². The average Bonchev–Trinajstić information content (AvgIpc) is 2.63. The third kappa shape index (κ3) is 2.24. The van der Waals surface area contributed by atoms with Gasteiger partial charge in [0.05, 0.1) is 7.11 Å². The van der Waals surface area contributed by atoms with Crippen molar-refractivity contribution in [2.45, 2.75) is 13.3 Å². The van der Waals surface area contributed by atoms with E-state index in [0.717, 1.165) is 16.6 Å². The van der Waals surface area contributed by atoms with Gasteiger partial charge in [-0.15, -0.1) is 0 Å². The number of aryl methyl sites for hydroxylation is 1. The Balaban J connectivity index is 2.47. The second-order valence-electron chi connectivity index (χ2n) is 3.99. The van der Waals surface area contributed by atoms with Crippen LogP contribution < -0.4 is 0 Å². The largest absolute Gasteiger partial charge is 0.469 e. The topological polar surface area (TPSA) is 59.2 Å². The summed E-state index contributed by atoms with van der Waals surface area (Å²) in [7, 11) is 1.26. The minimum Gasteiger partial charge on any atom is -0.469 e. The molecule has 0 unspecified atom stereocenters. The predicted molar refractivity (Wildman–Crippen MR) is 69.0 cm³/mol. The van der Waals surface area contributed by atoms with Crippen LogP contribution in [0.25, 0.3) is 10.9 Å². The predicted octanol–water partition coefficient (Wildman–Crippen LogP) is 2.88. The Morgan fingerprint density at radius 3 is 2.78 bits per heavy atom. The summed E-state index contributed by atoms with van der Waals surface area (Å²) in [4.78, 5) is 26.3. The van der Waals surface area contributed by atoms with Crippen molar-refractivity contribution in [3.8, 4) is 0 Å². The van der Waals surface area contributed by atoms with Crippen LogP contribution in [0, 0.1) is 6.92 Å². The highest BCUT2D eigenvalue weighted by molar-refractivity contribution is 6.31. The van der Waals surface area contributed by atoms with Gasteiger partial charge in [0.2, 0.25) is 0 Å². The fourth-order valence-corrected chi connectivity index (χ4v) is 2.13. The van der Waals surface area contributed by atoms with Crippen LogP contribution in [-0.4, -0.2) is 23.8 Å². The number of carbonyl (C=O) groups excluding carboxylic acids is 2. The van der Waals surface area contributed by atoms with Gasteiger partial charge in [-0.05, 0) is 19.1 Å². The number of fused-ring (bicyclic) bond motifs is 1. The van der Waals surface area contributed by atoms with Gasteiger partial charge >= 0.3 is 5.97 Å². The van der Waals surface area contributed by atoms with Crippen LogP contribution in [0.4, 0.5) is 0 Å². The number of hydrogen-bond donors (Lipinski definition) is 1. The lowest BCUT2D eigenvalue weighted by atomic mass is 10.0. The highest BCUT2D eigenvalue weighted by Crippen LogP contribution is 2.26. The Morgan fingerprint density at radius 2 is 2.11 bits per heavy atom. The number of halogens is 1. The van der Waals surface area contributed by atoms with E-state index in [4.69, 9.17) is 11.6 Å². The van der Waals surface area contributed by atoms with E-state index in [0.29, 0.717) is 10.6 Å². The molecule has 4 nitrogen and oxygen atoms in total. The molecule has 0 aliphatic heterocycles. The Kier molecular flexibility index (Phi) is 3.39. The quantitative estimate of drug-likeness (QED) is 0.527. The Bertz CT molecular complexity index is 630. The van der Waals surface area contributed by atoms with Crippen LogP contribution in [0.1, 0.15) is 22.5 Å². The summed E-state index contributed by atoms with van der Waals surface area (Å²) in [6, 6.07) is 5.23. The van der Waals surface area contributed by atoms with Crippen molar-refractivity contribution in [3.05, 3.63) is 34.5 Å². The number of ether oxygens (including phenoxy) is 1. The Labute approximate surface area is 109 Å². The third-order valence-corrected chi connectivity index (χ3v) is 2.99. The lowest BCUT2D eigenvalue weighted by molar-refractivity contribution is -0.139. The van der Waals surface area contributed by atoms with E-state index in [1.807, 2.05) is 0 Å². The van der Waals surface area contributed by atoms with Crippen LogP contribution in [0.2, 0.25) is 5.02 Å². The number of H-pyrrole nitrogens is 1. The molecule has 18 heavy (non-hydrogen) atoms. The molecule has 0 fully saturated rings. The standard InChI is InChI=1S/C13H12ClNO3/c1-7-13(11(16)6-12(17)18-2)9-4-3-8(14)5-10(9)15-7/h3-5,15H,6H2,1-2H3. The maximum atomic E-state index is 12.0. The zero-order valence-electron chi connectivity index (χ0n) is 10.0. The minimum absolute atomic E-state index is 0.257. The van der Waals surface area contributed by atoms with Gasteiger partial charge < -0.3 is 9.72 Å². The molecule has 1 N–H and O–H groups in total. The van der Waals surface area contributed by atoms with Crippen molar-refractivity contribution in [3.63, 3.8) is 0 Å². The molecule has 1 aromatic carbocycles. The van der Waals surface area contributed by atoms with E-state index in [9.17, 15) is 9.59 Å². The third-order valence-electron chi connectivity index (χ3n) is 2.76. The van der Waals surface area contributed by atoms with Crippen molar-refractivity contribution >= 4 is 34.3 Å². The normalized spacial score (nSPS) is 10.6. The van der Waals surface area contributed by atoms with Crippen LogP contribution in [0.5, 0.6) is 0 Å². The van der Waals surface area contributed by atoms with Gasteiger partial charge in [0.15, 0.2) is 5.78 Å². The summed E-state index contributed by atoms with van der Waals surface area (Å²) in [6.07, 6.45) is -0.257. The van der Waals surface area contributed by atoms with Crippen LogP contribution in [0.3, 0.4) is 0 Å². The Hall–Kier alpha value is -1.81. The maximum absolute atomic E-state index is 12.0. The summed E-state index contributed by atoms with van der Waals surface area (Å²) in [5, 5.41) is 1.36. The highest BCUT2D eigenvalue weighted by atomic mass is 35.5. The first-order valence-corrected chi connectivity index (χ1v) is 5.78. The van der Waals surface area contributed by atoms with Crippen molar-refractivity contribution in [1.82, 2.24) is 4.98 Å². The van der Waals surface area contributed by atoms with E-state index in [-0.39, 0.29) is 12.2 Å². The molecule has 0 radical (unpaired) electrons. The van der Waals surface area contributed by atoms with E-state index in [1.165, 1.54) is 7.11 Å². The number of esters is 1. The number of benzene rings is 1. The molecule has 0 saturated heterocycles. The van der Waals surface area contributed by atoms with Gasteiger partial charge in [-0.25, -0.2) is 0 Å². The summed E-state index contributed by atoms with van der Waals surface area (Å²) in [6.45, 7) is 1.79. The van der Waals surface area contributed by atoms with E-state index < -0.39 is 5.97 Å². The molecule has 0 amide bonds. The summed E-state index contributed by atoms with van der Waals surface area (Å²) < 4.78 is 4.50. The summed E-state index contributed by atoms with van der Waals surface area (Å²) >= 11 is 5.89. The number of carbonyl (C=O) groups is 2. The van der Waals surface area contributed by atoms with Crippen LogP contribution in [0.15, 0.2) is 18.2 Å². The number of aromatic amines is 1. The van der Waals surface area contributed by atoms with Gasteiger partial charge in [-0.2, -0.15) is 0 Å². The minimum atomic E-state index is -0.539. The molecule has 0 atom stereocenters. The number of rotatable bonds is 3. The molecule has 0 saturated carbocycles. The highest BCUT2D eigenvalue weighted by Gasteiger charge is 2.19. The monoisotopic (exact) mass is 265 g/mol. The number of ketones is 1. The zero-order valence-corrected chi connectivity index (χ0v) is 10.8. The van der Waals surface area contributed by atoms with Gasteiger partial charge in [0.1, 0.15) is 6.42 Å². The number of hydrogen-bond acceptors (Lipinski definition) is 3. The molecule has 5 heteroatoms. The second kappa shape index (κ2) is 4.82. The molecular formula is C13H12ClNO3. The number of aromatic nitrogens is 1. The molecule has 0 bridgehead atoms. The van der Waals surface area contributed by atoms with Crippen molar-refractivity contribution in [2.75, 3.05) is 7.11 Å². The second-order valence-corrected chi connectivity index (χ2v) is 4.43. The molecule has 94 valence electrons. The fraction of sp³-hybridized carbons (Fsp3) is 0.231. The van der Waals surface area contributed by atoms with E-state index in [2.05, 4.69) is 9.72 Å². The zero-order chi connectivity index (χ0) is 13.3. The first-order chi connectivity index (χ1) is 8.52. The molecule has 1 aromatic heterocycles. The molecule has 0 aliphatic carbocycles. The number of Topliss-reactive ketones (excluding diaryl/α,β-unsaturated/α-hetero) is 1. The fourth-order valence-electron chi connectivity index (χ4n) is 1.96. The van der Waals surface area contributed by atoms with E-state index >= 15 is 0 Å². The maximum Gasteiger partial charge on any atom is 0.313 e. The number of nitrogens with one attached hydrogen (secondary N) is 1. The SMILES string of the molecule is COC(=O)CC(=O)c1c(C)[nH]c2cc(Cl)ccc12. The molecule has 0 aliphatic rings. The summed E-state index contributed by atoms with van der Waals surface area (Å²) in [5.74, 6) is -0.796. The first-order valence-electron chi connectivity index (χ1n) is 5.40. The van der Waals surface area contributed by atoms with Crippen molar-refractivity contribution in [2.24, 2.45) is 0 Å². The van der Waals surface area contributed by atoms with E-state index in [1.54, 1.807) is 25.1 Å². The smallest absolute Gasteiger partial charge is 0.313 e. The molecule has 2 aromatic rings. The Morgan fingerprint density at radius 1 is 1.39 bits per heavy atom. The van der Waals surface area contributed by atoms with Crippen LogP contribution in [-0.2, 0) is 9.53 Å². The van der Waals surface area contributed by atoms with Gasteiger partial charge in [-0.3, -0.25) is 9.59 Å². The van der Waals surface area contributed by atoms with Gasteiger partial charge in [-0.1, -0.05) is 17.7 Å².